The molecule has 1 atom stereocenters. The highest BCUT2D eigenvalue weighted by Gasteiger charge is 2.20. The molecule has 26 heavy (non-hydrogen) atoms. The normalized spacial score (nSPS) is 12.2. The van der Waals surface area contributed by atoms with E-state index in [-0.39, 0.29) is 6.42 Å². The Morgan fingerprint density at radius 2 is 2.04 bits per heavy atom. The molecule has 0 fully saturated rings. The van der Waals surface area contributed by atoms with Crippen LogP contribution in [0.25, 0.3) is 6.08 Å². The Morgan fingerprint density at radius 3 is 2.62 bits per heavy atom. The summed E-state index contributed by atoms with van der Waals surface area (Å²) < 4.78 is 6.23. The molecule has 1 heterocycles. The minimum Gasteiger partial charge on any atom is -0.469 e. The topological polar surface area (TPSA) is 73.2 Å². The van der Waals surface area contributed by atoms with Crippen LogP contribution in [0, 0.1) is 6.92 Å². The molecule has 0 spiro atoms. The number of halogens is 2. The maximum atomic E-state index is 12.3. The van der Waals surface area contributed by atoms with Crippen molar-refractivity contribution >= 4 is 41.2 Å². The van der Waals surface area contributed by atoms with Gasteiger partial charge < -0.3 is 10.1 Å². The van der Waals surface area contributed by atoms with Gasteiger partial charge in [-0.2, -0.15) is 5.10 Å². The molecule has 0 saturated heterocycles. The second-order valence-electron chi connectivity index (χ2n) is 5.61. The van der Waals surface area contributed by atoms with Gasteiger partial charge in [0, 0.05) is 23.7 Å². The van der Waals surface area contributed by atoms with Crippen molar-refractivity contribution in [2.24, 2.45) is 7.05 Å². The third kappa shape index (κ3) is 4.86. The fourth-order valence-electron chi connectivity index (χ4n) is 2.46. The first-order valence-electron chi connectivity index (χ1n) is 7.82. The van der Waals surface area contributed by atoms with Gasteiger partial charge in [0.2, 0.25) is 5.91 Å². The van der Waals surface area contributed by atoms with Crippen LogP contribution < -0.4 is 5.32 Å². The summed E-state index contributed by atoms with van der Waals surface area (Å²) in [4.78, 5) is 24.0. The molecule has 1 aromatic heterocycles. The third-order valence-corrected chi connectivity index (χ3v) is 4.59. The van der Waals surface area contributed by atoms with E-state index in [1.54, 1.807) is 44.3 Å². The number of aryl methyl sites for hydroxylation is 2. The fourth-order valence-corrected chi connectivity index (χ4v) is 2.97. The van der Waals surface area contributed by atoms with Crippen molar-refractivity contribution in [3.63, 3.8) is 0 Å². The van der Waals surface area contributed by atoms with Crippen molar-refractivity contribution in [1.82, 2.24) is 15.1 Å². The fraction of sp³-hybridized carbons (Fsp3) is 0.278. The first kappa shape index (κ1) is 20.0. The molecular formula is C18H19Cl2N3O3. The molecule has 0 aliphatic carbocycles. The highest BCUT2D eigenvalue weighted by atomic mass is 35.5. The van der Waals surface area contributed by atoms with E-state index in [1.807, 2.05) is 0 Å². The Bertz CT molecular complexity index is 846. The van der Waals surface area contributed by atoms with E-state index in [9.17, 15) is 9.59 Å². The van der Waals surface area contributed by atoms with Crippen LogP contribution in [0.5, 0.6) is 0 Å². The van der Waals surface area contributed by atoms with Crippen molar-refractivity contribution in [1.29, 1.82) is 0 Å². The maximum absolute atomic E-state index is 12.3. The zero-order valence-corrected chi connectivity index (χ0v) is 16.1. The molecule has 0 aliphatic heterocycles. The molecule has 6 nitrogen and oxygen atoms in total. The van der Waals surface area contributed by atoms with Crippen LogP contribution in [0.2, 0.25) is 10.2 Å². The van der Waals surface area contributed by atoms with Crippen molar-refractivity contribution in [2.45, 2.75) is 19.4 Å². The number of nitrogens with zero attached hydrogens (tertiary/aromatic N) is 2. The SMILES string of the molecule is COC(=O)CC(NC(=O)/C=C/c1c(C)nn(C)c1Cl)c1ccccc1Cl. The molecule has 1 aromatic carbocycles. The Labute approximate surface area is 161 Å². The second kappa shape index (κ2) is 8.87. The summed E-state index contributed by atoms with van der Waals surface area (Å²) in [7, 11) is 3.01. The summed E-state index contributed by atoms with van der Waals surface area (Å²) in [5.41, 5.74) is 2.00. The molecule has 1 amide bonds. The number of carbonyl (C=O) groups excluding carboxylic acids is 2. The Hall–Kier alpha value is -2.31. The summed E-state index contributed by atoms with van der Waals surface area (Å²) >= 11 is 12.3. The molecule has 1 N–H and O–H groups in total. The molecule has 0 radical (unpaired) electrons. The predicted octanol–water partition coefficient (Wildman–Crippen LogP) is 3.47. The van der Waals surface area contributed by atoms with E-state index in [1.165, 1.54) is 17.9 Å². The number of amides is 1. The van der Waals surface area contributed by atoms with E-state index < -0.39 is 17.9 Å². The zero-order chi connectivity index (χ0) is 19.3. The molecule has 2 aromatic rings. The first-order valence-corrected chi connectivity index (χ1v) is 8.58. The number of aromatic nitrogens is 2. The van der Waals surface area contributed by atoms with E-state index in [2.05, 4.69) is 10.4 Å². The molecule has 1 unspecified atom stereocenters. The van der Waals surface area contributed by atoms with Gasteiger partial charge in [-0.25, -0.2) is 0 Å². The summed E-state index contributed by atoms with van der Waals surface area (Å²) in [6, 6.07) is 6.39. The highest BCUT2D eigenvalue weighted by Crippen LogP contribution is 2.25. The third-order valence-electron chi connectivity index (χ3n) is 3.79. The number of hydrogen-bond acceptors (Lipinski definition) is 4. The van der Waals surface area contributed by atoms with Gasteiger partial charge in [0.25, 0.3) is 0 Å². The van der Waals surface area contributed by atoms with Crippen LogP contribution in [0.15, 0.2) is 30.3 Å². The minimum atomic E-state index is -0.612. The van der Waals surface area contributed by atoms with Gasteiger partial charge in [-0.1, -0.05) is 41.4 Å². The molecular weight excluding hydrogens is 377 g/mol. The molecule has 0 bridgehead atoms. The largest absolute Gasteiger partial charge is 0.469 e. The molecule has 0 saturated carbocycles. The van der Waals surface area contributed by atoms with Crippen LogP contribution in [0.3, 0.4) is 0 Å². The summed E-state index contributed by atoms with van der Waals surface area (Å²) in [5, 5.41) is 7.85. The number of methoxy groups -OCH3 is 1. The Morgan fingerprint density at radius 1 is 1.35 bits per heavy atom. The molecule has 2 rings (SSSR count). The van der Waals surface area contributed by atoms with Crippen LogP contribution >= 0.6 is 23.2 Å². The average Bonchev–Trinajstić information content (AvgIpc) is 2.85. The van der Waals surface area contributed by atoms with Gasteiger partial charge >= 0.3 is 5.97 Å². The maximum Gasteiger partial charge on any atom is 0.307 e. The van der Waals surface area contributed by atoms with Crippen molar-refractivity contribution < 1.29 is 14.3 Å². The van der Waals surface area contributed by atoms with Gasteiger partial charge in [-0.3, -0.25) is 14.3 Å². The summed E-state index contributed by atoms with van der Waals surface area (Å²) in [6.07, 6.45) is 2.89. The summed E-state index contributed by atoms with van der Waals surface area (Å²) in [5.74, 6) is -0.844. The van der Waals surface area contributed by atoms with Gasteiger partial charge in [0.05, 0.1) is 25.3 Å². The summed E-state index contributed by atoms with van der Waals surface area (Å²) in [6.45, 7) is 1.80. The highest BCUT2D eigenvalue weighted by molar-refractivity contribution is 6.31. The number of carbonyl (C=O) groups is 2. The van der Waals surface area contributed by atoms with Gasteiger partial charge in [0.15, 0.2) is 0 Å². The van der Waals surface area contributed by atoms with Crippen LogP contribution in [-0.2, 0) is 21.4 Å². The monoisotopic (exact) mass is 395 g/mol. The number of nitrogens with one attached hydrogen (secondary N) is 1. The van der Waals surface area contributed by atoms with Crippen LogP contribution in [-0.4, -0.2) is 28.8 Å². The van der Waals surface area contributed by atoms with Gasteiger partial charge in [-0.05, 0) is 24.6 Å². The molecule has 8 heteroatoms. The lowest BCUT2D eigenvalue weighted by atomic mass is 10.0. The Balaban J connectivity index is 2.19. The lowest BCUT2D eigenvalue weighted by Crippen LogP contribution is -2.29. The molecule has 0 aliphatic rings. The lowest BCUT2D eigenvalue weighted by molar-refractivity contribution is -0.141. The smallest absolute Gasteiger partial charge is 0.307 e. The van der Waals surface area contributed by atoms with Crippen molar-refractivity contribution in [3.05, 3.63) is 57.3 Å². The van der Waals surface area contributed by atoms with Crippen LogP contribution in [0.1, 0.15) is 29.3 Å². The number of rotatable bonds is 6. The van der Waals surface area contributed by atoms with Gasteiger partial charge in [0.1, 0.15) is 5.15 Å². The zero-order valence-electron chi connectivity index (χ0n) is 14.6. The lowest BCUT2D eigenvalue weighted by Gasteiger charge is -2.18. The van der Waals surface area contributed by atoms with Gasteiger partial charge in [-0.15, -0.1) is 0 Å². The minimum absolute atomic E-state index is 0.0352. The second-order valence-corrected chi connectivity index (χ2v) is 6.37. The average molecular weight is 396 g/mol. The van der Waals surface area contributed by atoms with Crippen molar-refractivity contribution in [3.8, 4) is 0 Å². The van der Waals surface area contributed by atoms with Crippen molar-refractivity contribution in [2.75, 3.05) is 7.11 Å². The number of esters is 1. The van der Waals surface area contributed by atoms with Crippen LogP contribution in [0.4, 0.5) is 0 Å². The van der Waals surface area contributed by atoms with E-state index in [4.69, 9.17) is 27.9 Å². The number of hydrogen-bond donors (Lipinski definition) is 1. The molecule has 138 valence electrons. The quantitative estimate of drug-likeness (QED) is 0.600. The predicted molar refractivity (Wildman–Crippen MR) is 101 cm³/mol. The Kier molecular flexibility index (Phi) is 6.83. The standard InChI is InChI=1S/C18H19Cl2N3O3/c1-11-12(18(20)23(2)22-11)8-9-16(24)21-15(10-17(25)26-3)13-6-4-5-7-14(13)19/h4-9,15H,10H2,1-3H3,(H,21,24)/b9-8+. The van der Waals surface area contributed by atoms with E-state index >= 15 is 0 Å². The van der Waals surface area contributed by atoms with E-state index in [0.717, 1.165) is 0 Å². The van der Waals surface area contributed by atoms with E-state index in [0.29, 0.717) is 27.0 Å². The first-order chi connectivity index (χ1) is 12.3. The number of ether oxygens (including phenoxy) is 1. The number of benzene rings is 1.